The summed E-state index contributed by atoms with van der Waals surface area (Å²) in [6.45, 7) is 1.32. The second kappa shape index (κ2) is 8.84. The van der Waals surface area contributed by atoms with Gasteiger partial charge in [0.2, 0.25) is 5.72 Å². The number of benzene rings is 3. The van der Waals surface area contributed by atoms with E-state index >= 15 is 0 Å². The van der Waals surface area contributed by atoms with Gasteiger partial charge in [0.1, 0.15) is 5.82 Å². The summed E-state index contributed by atoms with van der Waals surface area (Å²) in [7, 11) is 0. The van der Waals surface area contributed by atoms with E-state index in [1.165, 1.54) is 12.1 Å². The van der Waals surface area contributed by atoms with Crippen LogP contribution < -0.4 is 0 Å². The van der Waals surface area contributed by atoms with Crippen molar-refractivity contribution >= 4 is 11.9 Å². The van der Waals surface area contributed by atoms with E-state index in [9.17, 15) is 14.0 Å². The summed E-state index contributed by atoms with van der Waals surface area (Å²) in [5, 5.41) is 0. The molecule has 0 radical (unpaired) electrons. The number of carbonyl (C=O) groups is 2. The lowest BCUT2D eigenvalue weighted by Gasteiger charge is -2.65. The normalized spacial score (nSPS) is 28.9. The monoisotopic (exact) mass is 487 g/mol. The van der Waals surface area contributed by atoms with E-state index in [1.807, 2.05) is 60.7 Å². The maximum Gasteiger partial charge on any atom is 0.420 e. The van der Waals surface area contributed by atoms with E-state index in [0.29, 0.717) is 31.5 Å². The lowest BCUT2D eigenvalue weighted by molar-refractivity contribution is -0.417. The average molecular weight is 488 g/mol. The van der Waals surface area contributed by atoms with Crippen LogP contribution in [0.15, 0.2) is 84.9 Å². The van der Waals surface area contributed by atoms with Crippen LogP contribution in [-0.4, -0.2) is 41.4 Å². The van der Waals surface area contributed by atoms with E-state index in [0.717, 1.165) is 11.1 Å². The number of hydrogen-bond acceptors (Lipinski definition) is 6. The molecule has 3 aromatic carbocycles. The van der Waals surface area contributed by atoms with Gasteiger partial charge >= 0.3 is 11.9 Å². The van der Waals surface area contributed by atoms with Gasteiger partial charge in [-0.15, -0.1) is 0 Å². The molecule has 0 spiro atoms. The molecular weight excluding hydrogens is 461 g/mol. The molecule has 4 saturated heterocycles. The minimum atomic E-state index is -1.57. The van der Waals surface area contributed by atoms with E-state index in [1.54, 1.807) is 12.1 Å². The first-order valence-corrected chi connectivity index (χ1v) is 12.2. The SMILES string of the molecule is O=C1OC2(OCc3cccc(F)c3)C3CCN(CC3)C2(C(c2ccccc2)c2ccccc2)OC1=O. The van der Waals surface area contributed by atoms with Crippen LogP contribution in [0, 0.1) is 11.7 Å². The Morgan fingerprint density at radius 1 is 0.861 bits per heavy atom. The van der Waals surface area contributed by atoms with Crippen LogP contribution in [0.5, 0.6) is 0 Å². The molecule has 36 heavy (non-hydrogen) atoms. The van der Waals surface area contributed by atoms with Gasteiger partial charge in [0.15, 0.2) is 0 Å². The average Bonchev–Trinajstić information content (AvgIpc) is 2.91. The molecule has 184 valence electrons. The number of ether oxygens (including phenoxy) is 3. The fourth-order valence-electron chi connectivity index (χ4n) is 6.21. The van der Waals surface area contributed by atoms with Gasteiger partial charge in [-0.25, -0.2) is 14.0 Å². The largest absolute Gasteiger partial charge is 0.427 e. The Balaban J connectivity index is 1.56. The van der Waals surface area contributed by atoms with Gasteiger partial charge in [0, 0.05) is 19.0 Å². The van der Waals surface area contributed by atoms with Crippen LogP contribution in [0.25, 0.3) is 0 Å². The molecule has 0 saturated carbocycles. The highest BCUT2D eigenvalue weighted by Gasteiger charge is 2.76. The molecule has 2 bridgehead atoms. The van der Waals surface area contributed by atoms with Gasteiger partial charge in [0.25, 0.3) is 5.79 Å². The molecule has 2 atom stereocenters. The van der Waals surface area contributed by atoms with Crippen molar-refractivity contribution in [2.24, 2.45) is 5.92 Å². The first-order chi connectivity index (χ1) is 17.5. The zero-order valence-corrected chi connectivity index (χ0v) is 19.6. The molecule has 4 aliphatic heterocycles. The molecule has 7 heteroatoms. The summed E-state index contributed by atoms with van der Waals surface area (Å²) in [6, 6.07) is 25.7. The molecule has 0 amide bonds. The third kappa shape index (κ3) is 3.45. The standard InChI is InChI=1S/C29H26FNO5/c30-24-13-7-8-20(18-24)19-34-29-23-14-16-31(17-15-23)28(29,35-26(32)27(33)36-29)25(21-9-3-1-4-10-21)22-11-5-2-6-12-22/h1-13,18,23,25H,14-17,19H2. The van der Waals surface area contributed by atoms with Crippen molar-refractivity contribution in [3.8, 4) is 0 Å². The molecule has 0 aliphatic carbocycles. The predicted octanol–water partition coefficient (Wildman–Crippen LogP) is 4.39. The van der Waals surface area contributed by atoms with Crippen molar-refractivity contribution < 1.29 is 28.2 Å². The van der Waals surface area contributed by atoms with Crippen LogP contribution in [0.3, 0.4) is 0 Å². The summed E-state index contributed by atoms with van der Waals surface area (Å²) in [5.74, 6) is -4.78. The van der Waals surface area contributed by atoms with Crippen molar-refractivity contribution in [3.63, 3.8) is 0 Å². The van der Waals surface area contributed by atoms with Gasteiger partial charge in [-0.1, -0.05) is 72.8 Å². The quantitative estimate of drug-likeness (QED) is 0.380. The Morgan fingerprint density at radius 3 is 2.08 bits per heavy atom. The van der Waals surface area contributed by atoms with E-state index < -0.39 is 29.4 Å². The Bertz CT molecular complexity index is 1240. The number of piperidine rings is 3. The van der Waals surface area contributed by atoms with Gasteiger partial charge in [-0.05, 0) is 41.7 Å². The van der Waals surface area contributed by atoms with Crippen LogP contribution in [0.2, 0.25) is 0 Å². The second-order valence-corrected chi connectivity index (χ2v) is 9.58. The molecule has 0 aromatic heterocycles. The summed E-state index contributed by atoms with van der Waals surface area (Å²) in [4.78, 5) is 27.8. The van der Waals surface area contributed by atoms with Crippen molar-refractivity contribution in [1.29, 1.82) is 0 Å². The number of carbonyl (C=O) groups excluding carboxylic acids is 2. The molecule has 4 heterocycles. The summed E-state index contributed by atoms with van der Waals surface area (Å²) in [6.07, 6.45) is 1.43. The zero-order valence-electron chi connectivity index (χ0n) is 19.6. The zero-order chi connectivity index (χ0) is 24.8. The van der Waals surface area contributed by atoms with Crippen molar-refractivity contribution in [2.75, 3.05) is 13.1 Å². The van der Waals surface area contributed by atoms with Crippen molar-refractivity contribution in [1.82, 2.24) is 4.90 Å². The number of esters is 2. The topological polar surface area (TPSA) is 65.1 Å². The summed E-state index contributed by atoms with van der Waals surface area (Å²) in [5.41, 5.74) is 0.968. The van der Waals surface area contributed by atoms with E-state index in [-0.39, 0.29) is 18.3 Å². The third-order valence-corrected chi connectivity index (χ3v) is 7.66. The number of rotatable bonds is 6. The van der Waals surface area contributed by atoms with Crippen LogP contribution in [0.1, 0.15) is 35.4 Å². The van der Waals surface area contributed by atoms with Gasteiger partial charge in [-0.2, -0.15) is 0 Å². The minimum Gasteiger partial charge on any atom is -0.427 e. The fraction of sp³-hybridized carbons (Fsp3) is 0.310. The smallest absolute Gasteiger partial charge is 0.420 e. The van der Waals surface area contributed by atoms with Crippen molar-refractivity contribution in [2.45, 2.75) is 36.9 Å². The third-order valence-electron chi connectivity index (χ3n) is 7.66. The first kappa shape index (κ1) is 22.9. The summed E-state index contributed by atoms with van der Waals surface area (Å²) < 4.78 is 32.8. The molecule has 4 aliphatic rings. The van der Waals surface area contributed by atoms with E-state index in [2.05, 4.69) is 4.90 Å². The fourth-order valence-corrected chi connectivity index (χ4v) is 6.21. The van der Waals surface area contributed by atoms with Gasteiger partial charge < -0.3 is 14.2 Å². The minimum absolute atomic E-state index is 0.00895. The number of nitrogens with zero attached hydrogens (tertiary/aromatic N) is 1. The Kier molecular flexibility index (Phi) is 5.62. The Labute approximate surface area is 208 Å². The molecule has 3 aromatic rings. The van der Waals surface area contributed by atoms with E-state index in [4.69, 9.17) is 14.2 Å². The van der Waals surface area contributed by atoms with Crippen molar-refractivity contribution in [3.05, 3.63) is 107 Å². The highest BCUT2D eigenvalue weighted by molar-refractivity contribution is 6.30. The van der Waals surface area contributed by atoms with Crippen LogP contribution in [0.4, 0.5) is 4.39 Å². The molecule has 4 fully saturated rings. The number of hydrogen-bond donors (Lipinski definition) is 0. The van der Waals surface area contributed by atoms with Gasteiger partial charge in [-0.3, -0.25) is 4.90 Å². The summed E-state index contributed by atoms with van der Waals surface area (Å²) >= 11 is 0. The molecule has 2 unspecified atom stereocenters. The molecule has 7 rings (SSSR count). The highest BCUT2D eigenvalue weighted by atomic mass is 19.1. The Morgan fingerprint density at radius 2 is 1.47 bits per heavy atom. The number of fused-ring (bicyclic) bond motifs is 2. The molecule has 0 N–H and O–H groups in total. The maximum absolute atomic E-state index is 14.0. The lowest BCUT2D eigenvalue weighted by atomic mass is 9.66. The Hall–Kier alpha value is -3.55. The lowest BCUT2D eigenvalue weighted by Crippen LogP contribution is -2.82. The molecule has 6 nitrogen and oxygen atoms in total. The second-order valence-electron chi connectivity index (χ2n) is 9.58. The highest BCUT2D eigenvalue weighted by Crippen LogP contribution is 2.59. The maximum atomic E-state index is 14.0. The predicted molar refractivity (Wildman–Crippen MR) is 128 cm³/mol. The van der Waals surface area contributed by atoms with Gasteiger partial charge in [0.05, 0.1) is 12.5 Å². The number of halogens is 1. The molecular formula is C29H26FNO5. The van der Waals surface area contributed by atoms with Crippen LogP contribution in [-0.2, 0) is 30.4 Å². The van der Waals surface area contributed by atoms with Crippen LogP contribution >= 0.6 is 0 Å². The first-order valence-electron chi connectivity index (χ1n) is 12.2.